The van der Waals surface area contributed by atoms with Gasteiger partial charge in [0.1, 0.15) is 19.3 Å². The second-order valence-corrected chi connectivity index (χ2v) is 34.8. The number of phosphoric acid groups is 2. The number of rotatable bonds is 85. The first-order valence-corrected chi connectivity index (χ1v) is 47.5. The third-order valence-corrected chi connectivity index (χ3v) is 22.1. The molecule has 0 aliphatic rings. The number of ether oxygens (including phenoxy) is 4. The van der Waals surface area contributed by atoms with Crippen LogP contribution in [0.5, 0.6) is 0 Å². The minimum atomic E-state index is -4.97. The zero-order valence-electron chi connectivity index (χ0n) is 69.0. The lowest BCUT2D eigenvalue weighted by Gasteiger charge is -2.21. The summed E-state index contributed by atoms with van der Waals surface area (Å²) in [7, 11) is -9.93. The molecule has 0 aromatic carbocycles. The van der Waals surface area contributed by atoms with E-state index in [0.717, 1.165) is 102 Å². The summed E-state index contributed by atoms with van der Waals surface area (Å²) in [5.41, 5.74) is 0. The first-order chi connectivity index (χ1) is 50.9. The highest BCUT2D eigenvalue weighted by Crippen LogP contribution is 2.45. The Morgan fingerprint density at radius 3 is 0.648 bits per heavy atom. The Morgan fingerprint density at radius 1 is 0.257 bits per heavy atom. The van der Waals surface area contributed by atoms with E-state index in [2.05, 4.69) is 41.5 Å². The highest BCUT2D eigenvalue weighted by atomic mass is 31.2. The predicted octanol–water partition coefficient (Wildman–Crippen LogP) is 26.2. The van der Waals surface area contributed by atoms with Crippen LogP contribution in [0.15, 0.2) is 0 Å². The van der Waals surface area contributed by atoms with Crippen molar-refractivity contribution in [3.63, 3.8) is 0 Å². The van der Waals surface area contributed by atoms with Crippen LogP contribution in [-0.4, -0.2) is 96.7 Å². The number of esters is 4. The van der Waals surface area contributed by atoms with Crippen molar-refractivity contribution in [1.29, 1.82) is 0 Å². The second-order valence-electron chi connectivity index (χ2n) is 31.9. The molecular weight excluding hydrogens is 1370 g/mol. The fourth-order valence-corrected chi connectivity index (χ4v) is 15.0. The standard InChI is InChI=1S/C86H168O17P2/c1-7-9-11-13-15-17-19-20-21-22-26-29-32-39-45-51-57-63-69-84(89)97-75-82(102-85(90)70-64-58-52-46-40-33-30-27-24-23-25-28-31-37-42-48-54-60-66-78(3)4)77-101-105(94,95)99-73-80(87)72-98-104(92,93)100-76-81(74-96-83(88)68-62-56-50-44-36-18-16-14-12-10-8-2)103-86(91)71-65-59-53-47-41-35-34-38-43-49-55-61-67-79(5)6/h78-82,87H,7-77H2,1-6H3,(H,92,93)(H,94,95)/t80-,81+,82+/m0/s1. The van der Waals surface area contributed by atoms with E-state index in [4.69, 9.17) is 37.0 Å². The van der Waals surface area contributed by atoms with Gasteiger partial charge in [-0.15, -0.1) is 0 Å². The zero-order chi connectivity index (χ0) is 77.1. The average Bonchev–Trinajstić information content (AvgIpc) is 0.944. The Bertz CT molecular complexity index is 2010. The molecule has 0 aliphatic heterocycles. The van der Waals surface area contributed by atoms with Crippen LogP contribution in [0.3, 0.4) is 0 Å². The molecule has 5 atom stereocenters. The van der Waals surface area contributed by atoms with Crippen LogP contribution in [0.25, 0.3) is 0 Å². The van der Waals surface area contributed by atoms with Gasteiger partial charge in [0.05, 0.1) is 26.4 Å². The van der Waals surface area contributed by atoms with E-state index < -0.39 is 97.5 Å². The molecule has 0 saturated heterocycles. The van der Waals surface area contributed by atoms with Crippen molar-refractivity contribution in [1.82, 2.24) is 0 Å². The molecule has 0 saturated carbocycles. The van der Waals surface area contributed by atoms with Crippen molar-refractivity contribution >= 4 is 39.5 Å². The van der Waals surface area contributed by atoms with Gasteiger partial charge in [0.2, 0.25) is 0 Å². The molecule has 19 heteroatoms. The van der Waals surface area contributed by atoms with Crippen LogP contribution in [0.1, 0.15) is 459 Å². The second kappa shape index (κ2) is 77.4. The lowest BCUT2D eigenvalue weighted by molar-refractivity contribution is -0.161. The van der Waals surface area contributed by atoms with Crippen molar-refractivity contribution in [2.75, 3.05) is 39.6 Å². The van der Waals surface area contributed by atoms with Crippen LogP contribution in [0.4, 0.5) is 0 Å². The molecule has 105 heavy (non-hydrogen) atoms. The van der Waals surface area contributed by atoms with Gasteiger partial charge < -0.3 is 33.8 Å². The molecule has 0 rings (SSSR count). The highest BCUT2D eigenvalue weighted by molar-refractivity contribution is 7.47. The van der Waals surface area contributed by atoms with Gasteiger partial charge in [0, 0.05) is 25.7 Å². The number of aliphatic hydroxyl groups excluding tert-OH is 1. The van der Waals surface area contributed by atoms with Crippen molar-refractivity contribution < 1.29 is 80.2 Å². The summed E-state index contributed by atoms with van der Waals surface area (Å²) >= 11 is 0. The molecule has 0 aliphatic carbocycles. The van der Waals surface area contributed by atoms with Crippen LogP contribution < -0.4 is 0 Å². The number of hydrogen-bond donors (Lipinski definition) is 3. The molecule has 0 spiro atoms. The molecule has 0 aromatic heterocycles. The van der Waals surface area contributed by atoms with E-state index in [1.165, 1.54) is 276 Å². The number of phosphoric ester groups is 2. The molecule has 624 valence electrons. The zero-order valence-corrected chi connectivity index (χ0v) is 70.8. The van der Waals surface area contributed by atoms with Crippen molar-refractivity contribution in [2.45, 2.75) is 477 Å². The third kappa shape index (κ3) is 79.9. The summed E-state index contributed by atoms with van der Waals surface area (Å²) in [5, 5.41) is 10.7. The molecule has 2 unspecified atom stereocenters. The van der Waals surface area contributed by atoms with Gasteiger partial charge in [0.25, 0.3) is 0 Å². The number of aliphatic hydroxyl groups is 1. The maximum absolute atomic E-state index is 13.1. The number of carbonyl (C=O) groups excluding carboxylic acids is 4. The minimum Gasteiger partial charge on any atom is -0.462 e. The maximum Gasteiger partial charge on any atom is 0.472 e. The predicted molar refractivity (Wildman–Crippen MR) is 432 cm³/mol. The SMILES string of the molecule is CCCCCCCCCCCCCCCCCCCCC(=O)OC[C@H](COP(=O)(O)OC[C@@H](O)COP(=O)(O)OC[C@@H](COC(=O)CCCCCCCCCCCCC)OC(=O)CCCCCCCCCCCCCCC(C)C)OC(=O)CCCCCCCCCCCCCCCCCCCCC(C)C. The summed E-state index contributed by atoms with van der Waals surface area (Å²) in [4.78, 5) is 73.2. The van der Waals surface area contributed by atoms with Crippen LogP contribution in [0, 0.1) is 11.8 Å². The van der Waals surface area contributed by atoms with Gasteiger partial charge in [-0.3, -0.25) is 37.3 Å². The van der Waals surface area contributed by atoms with Gasteiger partial charge in [-0.05, 0) is 37.5 Å². The van der Waals surface area contributed by atoms with Crippen molar-refractivity contribution in [3.8, 4) is 0 Å². The normalized spacial score (nSPS) is 13.8. The first-order valence-electron chi connectivity index (χ1n) is 44.5. The third-order valence-electron chi connectivity index (χ3n) is 20.2. The van der Waals surface area contributed by atoms with Gasteiger partial charge >= 0.3 is 39.5 Å². The summed E-state index contributed by atoms with van der Waals surface area (Å²) in [6, 6.07) is 0. The lowest BCUT2D eigenvalue weighted by Crippen LogP contribution is -2.30. The Balaban J connectivity index is 5.24. The molecule has 3 N–H and O–H groups in total. The van der Waals surface area contributed by atoms with E-state index in [1.807, 2.05) is 0 Å². The fourth-order valence-electron chi connectivity index (χ4n) is 13.4. The number of carbonyl (C=O) groups is 4. The average molecular weight is 1540 g/mol. The van der Waals surface area contributed by atoms with Crippen LogP contribution in [0.2, 0.25) is 0 Å². The molecule has 0 amide bonds. The van der Waals surface area contributed by atoms with Crippen molar-refractivity contribution in [2.24, 2.45) is 11.8 Å². The molecular formula is C86H168O17P2. The quantitative estimate of drug-likeness (QED) is 0.0222. The molecule has 0 heterocycles. The van der Waals surface area contributed by atoms with Crippen molar-refractivity contribution in [3.05, 3.63) is 0 Å². The largest absolute Gasteiger partial charge is 0.472 e. The Hall–Kier alpha value is -1.94. The number of unbranched alkanes of at least 4 members (excludes halogenated alkanes) is 55. The Labute approximate surface area is 645 Å². The lowest BCUT2D eigenvalue weighted by atomic mass is 10.0. The van der Waals surface area contributed by atoms with E-state index >= 15 is 0 Å². The van der Waals surface area contributed by atoms with Gasteiger partial charge in [-0.25, -0.2) is 9.13 Å². The van der Waals surface area contributed by atoms with E-state index in [0.29, 0.717) is 25.7 Å². The maximum atomic E-state index is 13.1. The van der Waals surface area contributed by atoms with Gasteiger partial charge in [-0.2, -0.15) is 0 Å². The summed E-state index contributed by atoms with van der Waals surface area (Å²) in [6.45, 7) is 9.71. The molecule has 0 bridgehead atoms. The Kier molecular flexibility index (Phi) is 76.0. The highest BCUT2D eigenvalue weighted by Gasteiger charge is 2.30. The van der Waals surface area contributed by atoms with Gasteiger partial charge in [-0.1, -0.05) is 408 Å². The van der Waals surface area contributed by atoms with E-state index in [1.54, 1.807) is 0 Å². The van der Waals surface area contributed by atoms with E-state index in [-0.39, 0.29) is 25.7 Å². The first kappa shape index (κ1) is 103. The molecule has 0 radical (unpaired) electrons. The van der Waals surface area contributed by atoms with E-state index in [9.17, 15) is 43.2 Å². The molecule has 17 nitrogen and oxygen atoms in total. The fraction of sp³-hybridized carbons (Fsp3) is 0.953. The summed E-state index contributed by atoms with van der Waals surface area (Å²) in [6.07, 6.45) is 69.4. The summed E-state index contributed by atoms with van der Waals surface area (Å²) in [5.74, 6) is -0.504. The minimum absolute atomic E-state index is 0.107. The monoisotopic (exact) mass is 1540 g/mol. The summed E-state index contributed by atoms with van der Waals surface area (Å²) < 4.78 is 68.9. The topological polar surface area (TPSA) is 237 Å². The van der Waals surface area contributed by atoms with Crippen LogP contribution >= 0.6 is 15.6 Å². The molecule has 0 fully saturated rings. The Morgan fingerprint density at radius 2 is 0.438 bits per heavy atom. The molecule has 0 aromatic rings. The number of hydrogen-bond acceptors (Lipinski definition) is 15. The van der Waals surface area contributed by atoms with Crippen LogP contribution in [-0.2, 0) is 65.4 Å². The van der Waals surface area contributed by atoms with Gasteiger partial charge in [0.15, 0.2) is 12.2 Å². The smallest absolute Gasteiger partial charge is 0.462 e.